The van der Waals surface area contributed by atoms with Crippen LogP contribution in [-0.2, 0) is 12.8 Å². The van der Waals surface area contributed by atoms with Crippen LogP contribution in [-0.4, -0.2) is 0 Å². The second-order valence-corrected chi connectivity index (χ2v) is 13.8. The quantitative estimate of drug-likeness (QED) is 0.0721. The fourth-order valence-electron chi connectivity index (χ4n) is 6.66. The minimum absolute atomic E-state index is 1.18. The molecule has 0 bridgehead atoms. The van der Waals surface area contributed by atoms with Crippen LogP contribution in [0.2, 0.25) is 0 Å². The Bertz CT molecular complexity index is 1900. The molecule has 0 N–H and O–H groups in total. The third-order valence-corrected chi connectivity index (χ3v) is 9.78. The molecule has 0 heterocycles. The largest absolute Gasteiger partial charge is 0.0654 e. The molecule has 0 aliphatic rings. The number of rotatable bonds is 16. The maximum absolute atomic E-state index is 2.28. The van der Waals surface area contributed by atoms with Gasteiger partial charge in [0.2, 0.25) is 0 Å². The van der Waals surface area contributed by atoms with E-state index < -0.39 is 0 Å². The molecule has 0 amide bonds. The molecule has 0 aliphatic heterocycles. The van der Waals surface area contributed by atoms with E-state index >= 15 is 0 Å². The van der Waals surface area contributed by atoms with Gasteiger partial charge in [-0.05, 0) is 116 Å². The highest BCUT2D eigenvalue weighted by Gasteiger charge is 2.00. The standard InChI is InChI=1S/C50H52/c1-3-5-7-9-11-39-13-17-41(18-14-39)21-23-43-27-31-49-37-45(29-33-47(49)35-43)25-26-46-30-34-48-36-44(28-32-50(48)38-46)24-22-42-19-15-40(16-20-42)12-10-8-6-4-2/h13-38H,3-12H2,1-2H3/b23-21+,24-22+,26-25+. The average molecular weight is 653 g/mol. The molecule has 252 valence electrons. The van der Waals surface area contributed by atoms with E-state index in [0.29, 0.717) is 0 Å². The van der Waals surface area contributed by atoms with Gasteiger partial charge in [0.15, 0.2) is 0 Å². The summed E-state index contributed by atoms with van der Waals surface area (Å²) in [6.07, 6.45) is 26.2. The fourth-order valence-corrected chi connectivity index (χ4v) is 6.66. The van der Waals surface area contributed by atoms with Gasteiger partial charge in [-0.3, -0.25) is 0 Å². The third kappa shape index (κ3) is 10.3. The van der Waals surface area contributed by atoms with Gasteiger partial charge in [-0.1, -0.05) is 186 Å². The van der Waals surface area contributed by atoms with Crippen molar-refractivity contribution in [2.45, 2.75) is 78.1 Å². The SMILES string of the molecule is CCCCCCc1ccc(/C=C/c2ccc3cc(/C=C/c4ccc5cc(/C=C/c6ccc(CCCCCC)cc6)ccc5c4)ccc3c2)cc1. The Morgan fingerprint density at radius 1 is 0.300 bits per heavy atom. The van der Waals surface area contributed by atoms with E-state index in [1.165, 1.54) is 130 Å². The van der Waals surface area contributed by atoms with Crippen LogP contribution in [0.1, 0.15) is 110 Å². The van der Waals surface area contributed by atoms with Gasteiger partial charge in [-0.2, -0.15) is 0 Å². The molecule has 6 rings (SSSR count). The lowest BCUT2D eigenvalue weighted by Gasteiger charge is -2.04. The van der Waals surface area contributed by atoms with Gasteiger partial charge in [-0.25, -0.2) is 0 Å². The van der Waals surface area contributed by atoms with Crippen LogP contribution in [0.5, 0.6) is 0 Å². The summed E-state index contributed by atoms with van der Waals surface area (Å²) in [5.74, 6) is 0. The first kappa shape index (κ1) is 34.9. The third-order valence-electron chi connectivity index (χ3n) is 9.78. The van der Waals surface area contributed by atoms with Gasteiger partial charge < -0.3 is 0 Å². The molecule has 0 fully saturated rings. The summed E-state index contributed by atoms with van der Waals surface area (Å²) in [5.41, 5.74) is 10.2. The van der Waals surface area contributed by atoms with Crippen molar-refractivity contribution in [3.8, 4) is 0 Å². The molecular formula is C50H52. The van der Waals surface area contributed by atoms with Gasteiger partial charge in [0, 0.05) is 0 Å². The van der Waals surface area contributed by atoms with E-state index in [1.54, 1.807) is 0 Å². The van der Waals surface area contributed by atoms with Crippen LogP contribution in [0.4, 0.5) is 0 Å². The van der Waals surface area contributed by atoms with Gasteiger partial charge in [0.1, 0.15) is 0 Å². The molecule has 6 aromatic rings. The lowest BCUT2D eigenvalue weighted by atomic mass is 10.0. The molecule has 0 nitrogen and oxygen atoms in total. The minimum atomic E-state index is 1.18. The Kier molecular flexibility index (Phi) is 12.7. The number of benzene rings is 6. The first-order valence-corrected chi connectivity index (χ1v) is 18.9. The average Bonchev–Trinajstić information content (AvgIpc) is 3.16. The molecule has 0 spiro atoms. The summed E-state index contributed by atoms with van der Waals surface area (Å²) < 4.78 is 0. The second-order valence-electron chi connectivity index (χ2n) is 13.8. The molecule has 0 heteroatoms. The fraction of sp³-hybridized carbons (Fsp3) is 0.240. The van der Waals surface area contributed by atoms with Crippen LogP contribution >= 0.6 is 0 Å². The smallest absolute Gasteiger partial charge is 0.0178 e. The van der Waals surface area contributed by atoms with Gasteiger partial charge >= 0.3 is 0 Å². The first-order chi connectivity index (χ1) is 24.6. The van der Waals surface area contributed by atoms with E-state index in [9.17, 15) is 0 Å². The summed E-state index contributed by atoms with van der Waals surface area (Å²) in [7, 11) is 0. The predicted octanol–water partition coefficient (Wildman–Crippen LogP) is 14.7. The maximum atomic E-state index is 2.28. The predicted molar refractivity (Wildman–Crippen MR) is 223 cm³/mol. The van der Waals surface area contributed by atoms with Gasteiger partial charge in [0.25, 0.3) is 0 Å². The van der Waals surface area contributed by atoms with E-state index in [-0.39, 0.29) is 0 Å². The Balaban J connectivity index is 1.04. The number of aryl methyl sites for hydroxylation is 2. The number of fused-ring (bicyclic) bond motifs is 2. The molecule has 6 aromatic carbocycles. The molecule has 0 atom stereocenters. The second kappa shape index (κ2) is 18.2. The molecule has 0 unspecified atom stereocenters. The molecule has 50 heavy (non-hydrogen) atoms. The van der Waals surface area contributed by atoms with Crippen LogP contribution in [0.25, 0.3) is 58.0 Å². The monoisotopic (exact) mass is 652 g/mol. The van der Waals surface area contributed by atoms with Crippen molar-refractivity contribution in [1.29, 1.82) is 0 Å². The molecular weight excluding hydrogens is 601 g/mol. The Labute approximate surface area is 300 Å². The number of hydrogen-bond acceptors (Lipinski definition) is 0. The highest BCUT2D eigenvalue weighted by atomic mass is 14.1. The summed E-state index contributed by atoms with van der Waals surface area (Å²) in [4.78, 5) is 0. The Morgan fingerprint density at radius 3 is 0.880 bits per heavy atom. The van der Waals surface area contributed by atoms with E-state index in [2.05, 4.69) is 172 Å². The molecule has 0 saturated carbocycles. The van der Waals surface area contributed by atoms with Gasteiger partial charge in [0.05, 0.1) is 0 Å². The highest BCUT2D eigenvalue weighted by molar-refractivity contribution is 5.91. The van der Waals surface area contributed by atoms with Crippen molar-refractivity contribution in [1.82, 2.24) is 0 Å². The van der Waals surface area contributed by atoms with Crippen LogP contribution < -0.4 is 0 Å². The molecule has 0 aromatic heterocycles. The number of unbranched alkanes of at least 4 members (excludes halogenated alkanes) is 6. The van der Waals surface area contributed by atoms with Crippen molar-refractivity contribution in [3.05, 3.63) is 166 Å². The van der Waals surface area contributed by atoms with Crippen molar-refractivity contribution in [2.24, 2.45) is 0 Å². The number of hydrogen-bond donors (Lipinski definition) is 0. The lowest BCUT2D eigenvalue weighted by molar-refractivity contribution is 0.667. The zero-order chi connectivity index (χ0) is 34.4. The van der Waals surface area contributed by atoms with E-state index in [1.807, 2.05) is 0 Å². The Morgan fingerprint density at radius 2 is 0.580 bits per heavy atom. The highest BCUT2D eigenvalue weighted by Crippen LogP contribution is 2.24. The molecule has 0 radical (unpaired) electrons. The lowest BCUT2D eigenvalue weighted by Crippen LogP contribution is -1.86. The zero-order valence-electron chi connectivity index (χ0n) is 30.1. The summed E-state index contributed by atoms with van der Waals surface area (Å²) >= 11 is 0. The van der Waals surface area contributed by atoms with Crippen molar-refractivity contribution in [3.63, 3.8) is 0 Å². The van der Waals surface area contributed by atoms with E-state index in [4.69, 9.17) is 0 Å². The summed E-state index contributed by atoms with van der Waals surface area (Å²) in [5, 5.41) is 5.04. The maximum Gasteiger partial charge on any atom is -0.0178 e. The topological polar surface area (TPSA) is 0 Å². The van der Waals surface area contributed by atoms with Crippen LogP contribution in [0.3, 0.4) is 0 Å². The van der Waals surface area contributed by atoms with Gasteiger partial charge in [-0.15, -0.1) is 0 Å². The first-order valence-electron chi connectivity index (χ1n) is 18.9. The summed E-state index contributed by atoms with van der Waals surface area (Å²) in [6, 6.07) is 45.0. The Hall–Kier alpha value is -4.94. The minimum Gasteiger partial charge on any atom is -0.0654 e. The molecule has 0 aliphatic carbocycles. The van der Waals surface area contributed by atoms with Crippen LogP contribution in [0, 0.1) is 0 Å². The van der Waals surface area contributed by atoms with Crippen molar-refractivity contribution < 1.29 is 0 Å². The van der Waals surface area contributed by atoms with Crippen LogP contribution in [0.15, 0.2) is 121 Å². The van der Waals surface area contributed by atoms with E-state index in [0.717, 1.165) is 0 Å². The summed E-state index contributed by atoms with van der Waals surface area (Å²) in [6.45, 7) is 4.53. The van der Waals surface area contributed by atoms with Crippen molar-refractivity contribution >= 4 is 58.0 Å². The van der Waals surface area contributed by atoms with Crippen molar-refractivity contribution in [2.75, 3.05) is 0 Å². The molecule has 0 saturated heterocycles. The zero-order valence-corrected chi connectivity index (χ0v) is 30.1. The normalized spacial score (nSPS) is 12.0.